The highest BCUT2D eigenvalue weighted by Gasteiger charge is 2.32. The van der Waals surface area contributed by atoms with Gasteiger partial charge in [0.05, 0.1) is 7.11 Å². The Labute approximate surface area is 142 Å². The SMILES string of the molecule is COC(=O)[C@@H](NC(=O)OCc1ccccc1)C1CCNCC1.Cl. The van der Waals surface area contributed by atoms with E-state index in [1.807, 2.05) is 30.3 Å². The van der Waals surface area contributed by atoms with Gasteiger partial charge < -0.3 is 20.1 Å². The van der Waals surface area contributed by atoms with Gasteiger partial charge in [-0.3, -0.25) is 0 Å². The Kier molecular flexibility index (Phi) is 8.43. The first-order valence-corrected chi connectivity index (χ1v) is 7.46. The second-order valence-corrected chi connectivity index (χ2v) is 5.29. The fraction of sp³-hybridized carbons (Fsp3) is 0.500. The molecule has 23 heavy (non-hydrogen) atoms. The Balaban J connectivity index is 0.00000264. The molecule has 0 saturated carbocycles. The maximum atomic E-state index is 11.9. The Morgan fingerprint density at radius 1 is 1.26 bits per heavy atom. The molecule has 0 bridgehead atoms. The fourth-order valence-electron chi connectivity index (χ4n) is 2.57. The number of rotatable bonds is 5. The third-order valence-electron chi connectivity index (χ3n) is 3.80. The number of nitrogens with one attached hydrogen (secondary N) is 2. The Bertz CT molecular complexity index is 492. The van der Waals surface area contributed by atoms with Crippen LogP contribution in [0.25, 0.3) is 0 Å². The van der Waals surface area contributed by atoms with Crippen molar-refractivity contribution in [3.05, 3.63) is 35.9 Å². The minimum atomic E-state index is -0.657. The number of esters is 1. The molecule has 1 saturated heterocycles. The number of ether oxygens (including phenoxy) is 2. The van der Waals surface area contributed by atoms with Crippen LogP contribution in [0.5, 0.6) is 0 Å². The second-order valence-electron chi connectivity index (χ2n) is 5.29. The van der Waals surface area contributed by atoms with Crippen molar-refractivity contribution in [1.82, 2.24) is 10.6 Å². The van der Waals surface area contributed by atoms with E-state index in [9.17, 15) is 9.59 Å². The average Bonchev–Trinajstić information content (AvgIpc) is 2.59. The standard InChI is InChI=1S/C16H22N2O4.ClH/c1-21-15(19)14(13-7-9-17-10-8-13)18-16(20)22-11-12-5-3-2-4-6-12;/h2-6,13-14,17H,7-11H2,1H3,(H,18,20);1H/t14-;/m0./s1. The molecule has 2 N–H and O–H groups in total. The van der Waals surface area contributed by atoms with Crippen molar-refractivity contribution in [3.8, 4) is 0 Å². The van der Waals surface area contributed by atoms with Crippen molar-refractivity contribution in [2.24, 2.45) is 5.92 Å². The lowest BCUT2D eigenvalue weighted by molar-refractivity contribution is -0.144. The molecule has 0 aromatic heterocycles. The van der Waals surface area contributed by atoms with E-state index in [1.54, 1.807) is 0 Å². The van der Waals surface area contributed by atoms with Gasteiger partial charge in [-0.15, -0.1) is 12.4 Å². The summed E-state index contributed by atoms with van der Waals surface area (Å²) < 4.78 is 9.97. The lowest BCUT2D eigenvalue weighted by atomic mass is 9.90. The van der Waals surface area contributed by atoms with E-state index in [4.69, 9.17) is 9.47 Å². The molecule has 6 nitrogen and oxygen atoms in total. The highest BCUT2D eigenvalue weighted by molar-refractivity contribution is 5.85. The summed E-state index contributed by atoms with van der Waals surface area (Å²) in [6, 6.07) is 8.74. The zero-order valence-corrected chi connectivity index (χ0v) is 13.9. The fourth-order valence-corrected chi connectivity index (χ4v) is 2.57. The van der Waals surface area contributed by atoms with Crippen LogP contribution in [-0.2, 0) is 20.9 Å². The molecule has 0 radical (unpaired) electrons. The molecule has 1 aliphatic rings. The molecule has 1 aromatic rings. The van der Waals surface area contributed by atoms with Crippen molar-refractivity contribution in [3.63, 3.8) is 0 Å². The van der Waals surface area contributed by atoms with Gasteiger partial charge >= 0.3 is 12.1 Å². The Morgan fingerprint density at radius 2 is 1.91 bits per heavy atom. The monoisotopic (exact) mass is 342 g/mol. The third kappa shape index (κ3) is 6.08. The molecule has 128 valence electrons. The number of carbonyl (C=O) groups is 2. The topological polar surface area (TPSA) is 76.7 Å². The van der Waals surface area contributed by atoms with Gasteiger partial charge in [0.1, 0.15) is 12.6 Å². The molecule has 0 aliphatic carbocycles. The smallest absolute Gasteiger partial charge is 0.408 e. The first-order valence-electron chi connectivity index (χ1n) is 7.46. The van der Waals surface area contributed by atoms with E-state index < -0.39 is 18.1 Å². The summed E-state index contributed by atoms with van der Waals surface area (Å²) in [7, 11) is 1.33. The van der Waals surface area contributed by atoms with Crippen LogP contribution in [0.15, 0.2) is 30.3 Å². The van der Waals surface area contributed by atoms with Crippen LogP contribution in [0, 0.1) is 5.92 Å². The van der Waals surface area contributed by atoms with Gasteiger partial charge in [-0.05, 0) is 37.4 Å². The van der Waals surface area contributed by atoms with Crippen LogP contribution in [0.4, 0.5) is 4.79 Å². The zero-order valence-electron chi connectivity index (χ0n) is 13.1. The van der Waals surface area contributed by atoms with Gasteiger partial charge in [0.25, 0.3) is 0 Å². The summed E-state index contributed by atoms with van der Waals surface area (Å²) in [5.74, 6) is -0.360. The van der Waals surface area contributed by atoms with Crippen LogP contribution in [0.1, 0.15) is 18.4 Å². The molecule has 1 aliphatic heterocycles. The van der Waals surface area contributed by atoms with E-state index in [0.29, 0.717) is 0 Å². The number of halogens is 1. The summed E-state index contributed by atoms with van der Waals surface area (Å²) in [6.07, 6.45) is 1.04. The number of piperidine rings is 1. The Hall–Kier alpha value is -1.79. The predicted octanol–water partition coefficient (Wildman–Crippen LogP) is 1.88. The molecular weight excluding hydrogens is 320 g/mol. The van der Waals surface area contributed by atoms with Gasteiger partial charge in [-0.25, -0.2) is 9.59 Å². The highest BCUT2D eigenvalue weighted by atomic mass is 35.5. The minimum Gasteiger partial charge on any atom is -0.467 e. The maximum Gasteiger partial charge on any atom is 0.408 e. The Morgan fingerprint density at radius 3 is 2.52 bits per heavy atom. The number of amides is 1. The summed E-state index contributed by atoms with van der Waals surface area (Å²) >= 11 is 0. The molecule has 1 aromatic carbocycles. The van der Waals surface area contributed by atoms with Crippen LogP contribution >= 0.6 is 12.4 Å². The van der Waals surface area contributed by atoms with Gasteiger partial charge in [-0.1, -0.05) is 30.3 Å². The van der Waals surface area contributed by atoms with Crippen LogP contribution in [0.2, 0.25) is 0 Å². The van der Waals surface area contributed by atoms with E-state index in [-0.39, 0.29) is 24.9 Å². The number of alkyl carbamates (subject to hydrolysis) is 1. The van der Waals surface area contributed by atoms with E-state index in [0.717, 1.165) is 31.5 Å². The molecule has 1 atom stereocenters. The zero-order chi connectivity index (χ0) is 15.8. The normalized spacial score (nSPS) is 15.9. The van der Waals surface area contributed by atoms with Crippen molar-refractivity contribution in [2.75, 3.05) is 20.2 Å². The van der Waals surface area contributed by atoms with Crippen LogP contribution < -0.4 is 10.6 Å². The summed E-state index contributed by atoms with van der Waals surface area (Å²) in [6.45, 7) is 1.84. The van der Waals surface area contributed by atoms with E-state index in [2.05, 4.69) is 10.6 Å². The summed E-state index contributed by atoms with van der Waals surface area (Å²) in [4.78, 5) is 23.8. The molecule has 0 unspecified atom stereocenters. The van der Waals surface area contributed by atoms with E-state index in [1.165, 1.54) is 7.11 Å². The quantitative estimate of drug-likeness (QED) is 0.799. The first kappa shape index (κ1) is 19.3. The number of hydrogen-bond donors (Lipinski definition) is 2. The van der Waals surface area contributed by atoms with Crippen molar-refractivity contribution in [2.45, 2.75) is 25.5 Å². The molecule has 0 spiro atoms. The molecule has 2 rings (SSSR count). The summed E-state index contributed by atoms with van der Waals surface area (Å²) in [5, 5.41) is 5.87. The predicted molar refractivity (Wildman–Crippen MR) is 88.4 cm³/mol. The number of methoxy groups -OCH3 is 1. The number of hydrogen-bond acceptors (Lipinski definition) is 5. The lowest BCUT2D eigenvalue weighted by Gasteiger charge is -2.29. The molecule has 1 heterocycles. The second kappa shape index (κ2) is 10.1. The maximum absolute atomic E-state index is 11.9. The lowest BCUT2D eigenvalue weighted by Crippen LogP contribution is -2.49. The average molecular weight is 343 g/mol. The molecule has 1 fully saturated rings. The van der Waals surface area contributed by atoms with Crippen LogP contribution in [0.3, 0.4) is 0 Å². The van der Waals surface area contributed by atoms with Crippen LogP contribution in [-0.4, -0.2) is 38.3 Å². The van der Waals surface area contributed by atoms with Gasteiger partial charge in [0.15, 0.2) is 0 Å². The van der Waals surface area contributed by atoms with Gasteiger partial charge in [0, 0.05) is 0 Å². The van der Waals surface area contributed by atoms with Crippen molar-refractivity contribution < 1.29 is 19.1 Å². The first-order chi connectivity index (χ1) is 10.7. The summed E-state index contributed by atoms with van der Waals surface area (Å²) in [5.41, 5.74) is 0.897. The minimum absolute atomic E-state index is 0. The molecular formula is C16H23ClN2O4. The highest BCUT2D eigenvalue weighted by Crippen LogP contribution is 2.17. The van der Waals surface area contributed by atoms with Gasteiger partial charge in [-0.2, -0.15) is 0 Å². The number of carbonyl (C=O) groups excluding carboxylic acids is 2. The largest absolute Gasteiger partial charge is 0.467 e. The van der Waals surface area contributed by atoms with Crippen molar-refractivity contribution >= 4 is 24.5 Å². The van der Waals surface area contributed by atoms with E-state index >= 15 is 0 Å². The van der Waals surface area contributed by atoms with Gasteiger partial charge in [0.2, 0.25) is 0 Å². The van der Waals surface area contributed by atoms with Crippen molar-refractivity contribution in [1.29, 1.82) is 0 Å². The molecule has 1 amide bonds. The third-order valence-corrected chi connectivity index (χ3v) is 3.80. The molecule has 7 heteroatoms. The number of benzene rings is 1.